The van der Waals surface area contributed by atoms with E-state index in [9.17, 15) is 8.42 Å². The Hall–Kier alpha value is -2.65. The Bertz CT molecular complexity index is 892. The lowest BCUT2D eigenvalue weighted by Gasteiger charge is -2.09. The quantitative estimate of drug-likeness (QED) is 0.692. The summed E-state index contributed by atoms with van der Waals surface area (Å²) >= 11 is 0. The molecule has 118 valence electrons. The molecule has 5 nitrogen and oxygen atoms in total. The number of hydrogen-bond acceptors (Lipinski definition) is 4. The summed E-state index contributed by atoms with van der Waals surface area (Å²) in [6, 6.07) is 14.0. The van der Waals surface area contributed by atoms with Crippen molar-refractivity contribution in [1.82, 2.24) is 4.83 Å². The molecule has 2 aromatic rings. The minimum Gasteiger partial charge on any atom is -0.200 e. The van der Waals surface area contributed by atoms with Crippen LogP contribution in [0, 0.1) is 25.2 Å². The van der Waals surface area contributed by atoms with E-state index in [1.165, 1.54) is 0 Å². The van der Waals surface area contributed by atoms with E-state index >= 15 is 0 Å². The molecule has 0 spiro atoms. The van der Waals surface area contributed by atoms with E-state index < -0.39 is 10.0 Å². The zero-order valence-electron chi connectivity index (χ0n) is 13.2. The summed E-state index contributed by atoms with van der Waals surface area (Å²) in [6.45, 7) is 5.28. The topological polar surface area (TPSA) is 82.3 Å². The van der Waals surface area contributed by atoms with Crippen LogP contribution >= 0.6 is 0 Å². The van der Waals surface area contributed by atoms with Gasteiger partial charge in [-0.05, 0) is 55.7 Å². The Morgan fingerprint density at radius 1 is 1.13 bits per heavy atom. The molecule has 0 heterocycles. The smallest absolute Gasteiger partial charge is 0.200 e. The molecule has 23 heavy (non-hydrogen) atoms. The minimum absolute atomic E-state index is 0.217. The van der Waals surface area contributed by atoms with E-state index in [2.05, 4.69) is 9.93 Å². The maximum atomic E-state index is 12.4. The molecule has 0 fully saturated rings. The standard InChI is InChI=1S/C17H17N3O2S/c1-12-4-5-13(2)17(10-12)23(21,22)20-19-14(3)16-8-6-15(11-18)7-9-16/h4-10,20H,1-3H3/b19-14+. The van der Waals surface area contributed by atoms with Crippen molar-refractivity contribution < 1.29 is 8.42 Å². The third kappa shape index (κ3) is 3.96. The number of rotatable bonds is 4. The largest absolute Gasteiger partial charge is 0.276 e. The lowest BCUT2D eigenvalue weighted by molar-refractivity contribution is 0.583. The summed E-state index contributed by atoms with van der Waals surface area (Å²) in [7, 11) is -3.72. The number of nitrogens with zero attached hydrogens (tertiary/aromatic N) is 2. The van der Waals surface area contributed by atoms with E-state index in [4.69, 9.17) is 5.26 Å². The van der Waals surface area contributed by atoms with E-state index in [0.717, 1.165) is 11.1 Å². The molecule has 0 aromatic heterocycles. The van der Waals surface area contributed by atoms with Crippen molar-refractivity contribution in [2.75, 3.05) is 0 Å². The molecule has 6 heteroatoms. The van der Waals surface area contributed by atoms with Gasteiger partial charge in [-0.25, -0.2) is 0 Å². The first-order chi connectivity index (χ1) is 10.8. The number of nitrogens with one attached hydrogen (secondary N) is 1. The van der Waals surface area contributed by atoms with Crippen LogP contribution in [-0.2, 0) is 10.0 Å². The van der Waals surface area contributed by atoms with Crippen molar-refractivity contribution in [3.05, 3.63) is 64.7 Å². The molecule has 0 aliphatic heterocycles. The summed E-state index contributed by atoms with van der Waals surface area (Å²) in [5.74, 6) is 0. The Balaban J connectivity index is 2.26. The average molecular weight is 327 g/mol. The predicted octanol–water partition coefficient (Wildman–Crippen LogP) is 2.88. The van der Waals surface area contributed by atoms with Crippen LogP contribution in [0.1, 0.15) is 29.2 Å². The SMILES string of the molecule is C/C(=N\NS(=O)(=O)c1cc(C)ccc1C)c1ccc(C#N)cc1. The van der Waals surface area contributed by atoms with Gasteiger partial charge in [0.25, 0.3) is 10.0 Å². The van der Waals surface area contributed by atoms with Gasteiger partial charge in [-0.3, -0.25) is 0 Å². The number of sulfonamides is 1. The number of aryl methyl sites for hydroxylation is 2. The molecule has 0 radical (unpaired) electrons. The van der Waals surface area contributed by atoms with Crippen molar-refractivity contribution in [1.29, 1.82) is 5.26 Å². The van der Waals surface area contributed by atoms with Crippen LogP contribution in [0.5, 0.6) is 0 Å². The fourth-order valence-corrected chi connectivity index (χ4v) is 3.21. The molecule has 2 rings (SSSR count). The molecule has 0 atom stereocenters. The van der Waals surface area contributed by atoms with Gasteiger partial charge in [0.15, 0.2) is 0 Å². The molecule has 0 saturated heterocycles. The third-order valence-electron chi connectivity index (χ3n) is 3.40. The Morgan fingerprint density at radius 2 is 1.78 bits per heavy atom. The normalized spacial score (nSPS) is 11.8. The van der Waals surface area contributed by atoms with Gasteiger partial charge >= 0.3 is 0 Å². The van der Waals surface area contributed by atoms with Crippen molar-refractivity contribution in [3.8, 4) is 6.07 Å². The molecule has 0 aliphatic rings. The van der Waals surface area contributed by atoms with Crippen molar-refractivity contribution in [2.45, 2.75) is 25.7 Å². The third-order valence-corrected chi connectivity index (χ3v) is 4.75. The van der Waals surface area contributed by atoms with Gasteiger partial charge in [0, 0.05) is 0 Å². The van der Waals surface area contributed by atoms with E-state index in [1.54, 1.807) is 50.2 Å². The van der Waals surface area contributed by atoms with Crippen LogP contribution in [0.2, 0.25) is 0 Å². The fourth-order valence-electron chi connectivity index (χ4n) is 2.03. The summed E-state index contributed by atoms with van der Waals surface area (Å²) in [5, 5.41) is 12.7. The second kappa shape index (κ2) is 6.63. The number of benzene rings is 2. The van der Waals surface area contributed by atoms with Gasteiger partial charge in [-0.2, -0.15) is 23.6 Å². The van der Waals surface area contributed by atoms with E-state index in [0.29, 0.717) is 16.8 Å². The zero-order chi connectivity index (χ0) is 17.0. The second-order valence-electron chi connectivity index (χ2n) is 5.25. The van der Waals surface area contributed by atoms with Crippen LogP contribution in [0.3, 0.4) is 0 Å². The fraction of sp³-hybridized carbons (Fsp3) is 0.176. The minimum atomic E-state index is -3.72. The zero-order valence-corrected chi connectivity index (χ0v) is 14.0. The predicted molar refractivity (Wildman–Crippen MR) is 89.6 cm³/mol. The van der Waals surface area contributed by atoms with Crippen molar-refractivity contribution in [2.24, 2.45) is 5.10 Å². The van der Waals surface area contributed by atoms with Gasteiger partial charge in [-0.1, -0.05) is 24.3 Å². The maximum Gasteiger partial charge on any atom is 0.276 e. The second-order valence-corrected chi connectivity index (χ2v) is 6.88. The highest BCUT2D eigenvalue weighted by atomic mass is 32.2. The summed E-state index contributed by atoms with van der Waals surface area (Å²) in [6.07, 6.45) is 0. The Kier molecular flexibility index (Phi) is 4.82. The van der Waals surface area contributed by atoms with Crippen molar-refractivity contribution >= 4 is 15.7 Å². The van der Waals surface area contributed by atoms with E-state index in [1.807, 2.05) is 19.1 Å². The first-order valence-corrected chi connectivity index (χ1v) is 8.45. The summed E-state index contributed by atoms with van der Waals surface area (Å²) in [5.41, 5.74) is 3.33. The van der Waals surface area contributed by atoms with Crippen LogP contribution in [0.15, 0.2) is 52.5 Å². The molecule has 0 amide bonds. The lowest BCUT2D eigenvalue weighted by Crippen LogP contribution is -2.21. The van der Waals surface area contributed by atoms with Gasteiger partial charge in [0.1, 0.15) is 0 Å². The summed E-state index contributed by atoms with van der Waals surface area (Å²) < 4.78 is 24.8. The highest BCUT2D eigenvalue weighted by Crippen LogP contribution is 2.16. The first-order valence-electron chi connectivity index (χ1n) is 6.97. The number of hydrazone groups is 1. The highest BCUT2D eigenvalue weighted by Gasteiger charge is 2.16. The van der Waals surface area contributed by atoms with Gasteiger partial charge in [0.05, 0.1) is 22.2 Å². The molecule has 1 N–H and O–H groups in total. The monoisotopic (exact) mass is 327 g/mol. The van der Waals surface area contributed by atoms with Crippen molar-refractivity contribution in [3.63, 3.8) is 0 Å². The molecule has 0 unspecified atom stereocenters. The molecule has 0 saturated carbocycles. The summed E-state index contributed by atoms with van der Waals surface area (Å²) in [4.78, 5) is 2.48. The van der Waals surface area contributed by atoms with Crippen LogP contribution in [-0.4, -0.2) is 14.1 Å². The Labute approximate surface area is 136 Å². The van der Waals surface area contributed by atoms with Crippen LogP contribution in [0.4, 0.5) is 0 Å². The molecule has 2 aromatic carbocycles. The van der Waals surface area contributed by atoms with Gasteiger partial charge in [0.2, 0.25) is 0 Å². The van der Waals surface area contributed by atoms with Gasteiger partial charge < -0.3 is 0 Å². The highest BCUT2D eigenvalue weighted by molar-refractivity contribution is 7.89. The Morgan fingerprint density at radius 3 is 2.39 bits per heavy atom. The lowest BCUT2D eigenvalue weighted by atomic mass is 10.1. The van der Waals surface area contributed by atoms with Crippen LogP contribution < -0.4 is 4.83 Å². The van der Waals surface area contributed by atoms with E-state index in [-0.39, 0.29) is 4.90 Å². The number of nitriles is 1. The molecular weight excluding hydrogens is 310 g/mol. The molecular formula is C17H17N3O2S. The first kappa shape index (κ1) is 16.7. The molecule has 0 bridgehead atoms. The maximum absolute atomic E-state index is 12.4. The van der Waals surface area contributed by atoms with Crippen LogP contribution in [0.25, 0.3) is 0 Å². The number of hydrogen-bond donors (Lipinski definition) is 1. The average Bonchev–Trinajstić information content (AvgIpc) is 2.55. The van der Waals surface area contributed by atoms with Gasteiger partial charge in [-0.15, -0.1) is 0 Å². The molecule has 0 aliphatic carbocycles.